The van der Waals surface area contributed by atoms with E-state index in [2.05, 4.69) is 34.6 Å². The second-order valence-electron chi connectivity index (χ2n) is 22.4. The largest absolute Gasteiger partial charge is 0.462 e. The van der Waals surface area contributed by atoms with Gasteiger partial charge in [-0.05, 0) is 31.1 Å². The number of esters is 3. The Morgan fingerprint density at radius 2 is 0.551 bits per heavy atom. The van der Waals surface area contributed by atoms with Gasteiger partial charge in [-0.25, -0.2) is 0 Å². The van der Waals surface area contributed by atoms with E-state index in [1.807, 2.05) is 0 Å². The van der Waals surface area contributed by atoms with Crippen LogP contribution in [0.15, 0.2) is 0 Å². The van der Waals surface area contributed by atoms with E-state index < -0.39 is 6.10 Å². The Labute approximate surface area is 431 Å². The maximum absolute atomic E-state index is 12.8. The standard InChI is InChI=1S/C63H122O6/c1-6-8-9-10-11-12-13-28-35-40-45-50-55-63(66)69-60(57-68-62(65)54-49-44-39-34-30-25-21-20-22-26-31-36-41-46-51-58(3)4)56-67-61(64)53-48-43-38-33-29-24-19-17-15-14-16-18-23-27-32-37-42-47-52-59(5)7-2/h58-60H,6-57H2,1-5H3/t59?,60-/m1/s1. The first kappa shape index (κ1) is 67.4. The lowest BCUT2D eigenvalue weighted by Crippen LogP contribution is -2.30. The van der Waals surface area contributed by atoms with Gasteiger partial charge in [0.05, 0.1) is 0 Å². The number of unbranched alkanes of at least 4 members (excludes halogenated alkanes) is 41. The molecule has 0 rings (SSSR count). The van der Waals surface area contributed by atoms with E-state index in [1.54, 1.807) is 0 Å². The van der Waals surface area contributed by atoms with Crippen LogP contribution >= 0.6 is 0 Å². The van der Waals surface area contributed by atoms with Crippen LogP contribution < -0.4 is 0 Å². The number of carbonyl (C=O) groups is 3. The lowest BCUT2D eigenvalue weighted by molar-refractivity contribution is -0.167. The Hall–Kier alpha value is -1.59. The van der Waals surface area contributed by atoms with Gasteiger partial charge in [-0.2, -0.15) is 0 Å². The second kappa shape index (κ2) is 55.7. The molecule has 1 unspecified atom stereocenters. The molecule has 6 nitrogen and oxygen atoms in total. The van der Waals surface area contributed by atoms with Crippen LogP contribution in [0.3, 0.4) is 0 Å². The van der Waals surface area contributed by atoms with Crippen molar-refractivity contribution in [3.63, 3.8) is 0 Å². The molecule has 0 aromatic carbocycles. The fraction of sp³-hybridized carbons (Fsp3) is 0.952. The predicted octanol–water partition coefficient (Wildman–Crippen LogP) is 20.8. The Morgan fingerprint density at radius 1 is 0.304 bits per heavy atom. The summed E-state index contributed by atoms with van der Waals surface area (Å²) in [6.45, 7) is 11.5. The molecule has 0 saturated carbocycles. The zero-order valence-corrected chi connectivity index (χ0v) is 47.5. The van der Waals surface area contributed by atoms with Gasteiger partial charge in [0.25, 0.3) is 0 Å². The molecule has 0 bridgehead atoms. The molecule has 0 fully saturated rings. The minimum absolute atomic E-state index is 0.0620. The number of carbonyl (C=O) groups excluding carboxylic acids is 3. The van der Waals surface area contributed by atoms with E-state index >= 15 is 0 Å². The highest BCUT2D eigenvalue weighted by Crippen LogP contribution is 2.19. The van der Waals surface area contributed by atoms with Crippen molar-refractivity contribution in [1.82, 2.24) is 0 Å². The minimum Gasteiger partial charge on any atom is -0.462 e. The quantitative estimate of drug-likeness (QED) is 0.0343. The fourth-order valence-electron chi connectivity index (χ4n) is 9.73. The molecular weight excluding hydrogens is 853 g/mol. The fourth-order valence-corrected chi connectivity index (χ4v) is 9.73. The van der Waals surface area contributed by atoms with E-state index in [-0.39, 0.29) is 31.1 Å². The molecular formula is C63H122O6. The highest BCUT2D eigenvalue weighted by molar-refractivity contribution is 5.71. The normalized spacial score (nSPS) is 12.4. The molecule has 0 saturated heterocycles. The van der Waals surface area contributed by atoms with Crippen molar-refractivity contribution in [3.8, 4) is 0 Å². The smallest absolute Gasteiger partial charge is 0.306 e. The van der Waals surface area contributed by atoms with Crippen molar-refractivity contribution >= 4 is 17.9 Å². The van der Waals surface area contributed by atoms with Crippen LogP contribution in [0.25, 0.3) is 0 Å². The molecule has 6 heteroatoms. The summed E-state index contributed by atoms with van der Waals surface area (Å²) in [6, 6.07) is 0. The van der Waals surface area contributed by atoms with Gasteiger partial charge in [0.15, 0.2) is 6.10 Å². The zero-order chi connectivity index (χ0) is 50.4. The van der Waals surface area contributed by atoms with Gasteiger partial charge in [-0.15, -0.1) is 0 Å². The van der Waals surface area contributed by atoms with Gasteiger partial charge in [0.1, 0.15) is 13.2 Å². The predicted molar refractivity (Wildman–Crippen MR) is 298 cm³/mol. The van der Waals surface area contributed by atoms with Gasteiger partial charge < -0.3 is 14.2 Å². The third-order valence-corrected chi connectivity index (χ3v) is 14.8. The summed E-state index contributed by atoms with van der Waals surface area (Å²) < 4.78 is 16.9. The first-order valence-electron chi connectivity index (χ1n) is 31.3. The van der Waals surface area contributed by atoms with E-state index in [1.165, 1.54) is 244 Å². The van der Waals surface area contributed by atoms with Crippen LogP contribution in [0.2, 0.25) is 0 Å². The average molecular weight is 976 g/mol. The van der Waals surface area contributed by atoms with E-state index in [0.717, 1.165) is 69.6 Å². The third kappa shape index (κ3) is 55.6. The van der Waals surface area contributed by atoms with Crippen molar-refractivity contribution in [2.75, 3.05) is 13.2 Å². The molecule has 410 valence electrons. The monoisotopic (exact) mass is 975 g/mol. The van der Waals surface area contributed by atoms with E-state index in [9.17, 15) is 14.4 Å². The number of hydrogen-bond acceptors (Lipinski definition) is 6. The zero-order valence-electron chi connectivity index (χ0n) is 47.5. The molecule has 0 aliphatic carbocycles. The molecule has 0 N–H and O–H groups in total. The Kier molecular flexibility index (Phi) is 54.4. The first-order valence-corrected chi connectivity index (χ1v) is 31.3. The SMILES string of the molecule is CCCCCCCCCCCCCCC(=O)O[C@H](COC(=O)CCCCCCCCCCCCCCCCCCCCC(C)CC)COC(=O)CCCCCCCCCCCCCCCCC(C)C. The molecule has 0 aromatic rings. The summed E-state index contributed by atoms with van der Waals surface area (Å²) in [7, 11) is 0. The van der Waals surface area contributed by atoms with E-state index in [0.29, 0.717) is 19.3 Å². The van der Waals surface area contributed by atoms with Crippen LogP contribution in [-0.4, -0.2) is 37.2 Å². The lowest BCUT2D eigenvalue weighted by Gasteiger charge is -2.18. The van der Waals surface area contributed by atoms with Crippen LogP contribution in [-0.2, 0) is 28.6 Å². The molecule has 0 aliphatic rings. The summed E-state index contributed by atoms with van der Waals surface area (Å²) in [4.78, 5) is 38.2. The van der Waals surface area contributed by atoms with Crippen LogP contribution in [0.1, 0.15) is 356 Å². The summed E-state index contributed by atoms with van der Waals surface area (Å²) in [6.07, 6.45) is 61.0. The summed E-state index contributed by atoms with van der Waals surface area (Å²) in [5, 5.41) is 0. The summed E-state index contributed by atoms with van der Waals surface area (Å²) >= 11 is 0. The number of hydrogen-bond donors (Lipinski definition) is 0. The van der Waals surface area contributed by atoms with Gasteiger partial charge >= 0.3 is 17.9 Å². The second-order valence-corrected chi connectivity index (χ2v) is 22.4. The molecule has 0 aromatic heterocycles. The maximum Gasteiger partial charge on any atom is 0.306 e. The third-order valence-electron chi connectivity index (χ3n) is 14.8. The van der Waals surface area contributed by atoms with E-state index in [4.69, 9.17) is 14.2 Å². The molecule has 0 amide bonds. The molecule has 0 spiro atoms. The molecule has 0 heterocycles. The van der Waals surface area contributed by atoms with Gasteiger partial charge in [0.2, 0.25) is 0 Å². The topological polar surface area (TPSA) is 78.9 Å². The van der Waals surface area contributed by atoms with Gasteiger partial charge in [-0.3, -0.25) is 14.4 Å². The highest BCUT2D eigenvalue weighted by atomic mass is 16.6. The summed E-state index contributed by atoms with van der Waals surface area (Å²) in [5.41, 5.74) is 0. The molecule has 69 heavy (non-hydrogen) atoms. The molecule has 2 atom stereocenters. The van der Waals surface area contributed by atoms with Crippen molar-refractivity contribution in [3.05, 3.63) is 0 Å². The minimum atomic E-state index is -0.763. The molecule has 0 aliphatic heterocycles. The highest BCUT2D eigenvalue weighted by Gasteiger charge is 2.19. The van der Waals surface area contributed by atoms with Crippen molar-refractivity contribution < 1.29 is 28.6 Å². The van der Waals surface area contributed by atoms with Crippen LogP contribution in [0.5, 0.6) is 0 Å². The van der Waals surface area contributed by atoms with Gasteiger partial charge in [0, 0.05) is 19.3 Å². The lowest BCUT2D eigenvalue weighted by atomic mass is 9.99. The van der Waals surface area contributed by atoms with Gasteiger partial charge in [-0.1, -0.05) is 317 Å². The summed E-state index contributed by atoms with van der Waals surface area (Å²) in [5.74, 6) is 0.921. The van der Waals surface area contributed by atoms with Crippen molar-refractivity contribution in [2.24, 2.45) is 11.8 Å². The first-order chi connectivity index (χ1) is 33.8. The van der Waals surface area contributed by atoms with Crippen LogP contribution in [0.4, 0.5) is 0 Å². The van der Waals surface area contributed by atoms with Crippen molar-refractivity contribution in [2.45, 2.75) is 362 Å². The molecule has 0 radical (unpaired) electrons. The number of rotatable bonds is 57. The maximum atomic E-state index is 12.8. The Bertz CT molecular complexity index is 1060. The van der Waals surface area contributed by atoms with Crippen LogP contribution in [0, 0.1) is 11.8 Å². The Balaban J connectivity index is 4.21. The average Bonchev–Trinajstić information content (AvgIpc) is 3.34. The number of ether oxygens (including phenoxy) is 3. The van der Waals surface area contributed by atoms with Crippen molar-refractivity contribution in [1.29, 1.82) is 0 Å². The Morgan fingerprint density at radius 3 is 0.826 bits per heavy atom.